The van der Waals surface area contributed by atoms with E-state index in [9.17, 15) is 4.79 Å². The van der Waals surface area contributed by atoms with E-state index in [1.807, 2.05) is 54.6 Å². The number of para-hydroxylation sites is 1. The number of carbonyl (C=O) groups is 1. The molecule has 0 spiro atoms. The number of benzene rings is 2. The Morgan fingerprint density at radius 1 is 1.05 bits per heavy atom. The highest BCUT2D eigenvalue weighted by atomic mass is 16.1. The molecule has 2 aromatic carbocycles. The van der Waals surface area contributed by atoms with Crippen molar-refractivity contribution < 1.29 is 4.79 Å². The summed E-state index contributed by atoms with van der Waals surface area (Å²) in [7, 11) is 0. The van der Waals surface area contributed by atoms with Crippen molar-refractivity contribution >= 4 is 17.3 Å². The third-order valence-electron chi connectivity index (χ3n) is 2.78. The van der Waals surface area contributed by atoms with Crippen molar-refractivity contribution in [1.29, 1.82) is 0 Å². The Bertz CT molecular complexity index is 654. The lowest BCUT2D eigenvalue weighted by Gasteiger charge is -2.06. The van der Waals surface area contributed by atoms with Gasteiger partial charge < -0.3 is 10.6 Å². The summed E-state index contributed by atoms with van der Waals surface area (Å²) >= 11 is 0. The van der Waals surface area contributed by atoms with Crippen molar-refractivity contribution in [1.82, 2.24) is 5.32 Å². The maximum atomic E-state index is 10.7. The zero-order valence-electron chi connectivity index (χ0n) is 12.0. The van der Waals surface area contributed by atoms with Gasteiger partial charge in [-0.05, 0) is 30.3 Å². The minimum atomic E-state index is -0.0224. The monoisotopic (exact) mass is 278 g/mol. The number of hydrogen-bond acceptors (Lipinski definition) is 2. The van der Waals surface area contributed by atoms with E-state index in [4.69, 9.17) is 0 Å². The van der Waals surface area contributed by atoms with E-state index in [0.29, 0.717) is 13.0 Å². The molecule has 0 bridgehead atoms. The van der Waals surface area contributed by atoms with Crippen molar-refractivity contribution in [3.05, 3.63) is 60.2 Å². The first-order valence-electron chi connectivity index (χ1n) is 6.89. The molecule has 2 aromatic rings. The van der Waals surface area contributed by atoms with Crippen molar-refractivity contribution in [2.75, 3.05) is 11.9 Å². The molecule has 1 amide bonds. The maximum Gasteiger partial charge on any atom is 0.216 e. The standard InChI is InChI=1S/C18H18N2O/c1-15(21)19-13-6-5-8-16-9-7-12-18(14-16)20-17-10-3-2-4-11-17/h2-4,7,9-12,14,20H,6,13H2,1H3,(H,19,21). The highest BCUT2D eigenvalue weighted by Crippen LogP contribution is 2.16. The normalized spacial score (nSPS) is 9.38. The highest BCUT2D eigenvalue weighted by Gasteiger charge is 1.94. The van der Waals surface area contributed by atoms with Gasteiger partial charge in [-0.25, -0.2) is 0 Å². The topological polar surface area (TPSA) is 41.1 Å². The van der Waals surface area contributed by atoms with Crippen LogP contribution in [0, 0.1) is 11.8 Å². The Morgan fingerprint density at radius 2 is 1.81 bits per heavy atom. The molecule has 0 saturated carbocycles. The third-order valence-corrected chi connectivity index (χ3v) is 2.78. The number of rotatable bonds is 4. The van der Waals surface area contributed by atoms with Gasteiger partial charge in [0.05, 0.1) is 0 Å². The van der Waals surface area contributed by atoms with Gasteiger partial charge in [0.25, 0.3) is 0 Å². The van der Waals surface area contributed by atoms with Crippen LogP contribution in [0.2, 0.25) is 0 Å². The first-order chi connectivity index (χ1) is 10.2. The van der Waals surface area contributed by atoms with Gasteiger partial charge in [-0.1, -0.05) is 36.1 Å². The van der Waals surface area contributed by atoms with Gasteiger partial charge in [0.1, 0.15) is 0 Å². The maximum absolute atomic E-state index is 10.7. The molecular weight excluding hydrogens is 260 g/mol. The molecule has 2 N–H and O–H groups in total. The lowest BCUT2D eigenvalue weighted by molar-refractivity contribution is -0.118. The van der Waals surface area contributed by atoms with Gasteiger partial charge in [-0.15, -0.1) is 0 Å². The van der Waals surface area contributed by atoms with Crippen LogP contribution in [0.15, 0.2) is 54.6 Å². The van der Waals surface area contributed by atoms with Gasteiger partial charge >= 0.3 is 0 Å². The van der Waals surface area contributed by atoms with Crippen LogP contribution in [0.1, 0.15) is 18.9 Å². The zero-order chi connectivity index (χ0) is 14.9. The predicted molar refractivity (Wildman–Crippen MR) is 86.3 cm³/mol. The molecule has 0 aromatic heterocycles. The Hall–Kier alpha value is -2.73. The summed E-state index contributed by atoms with van der Waals surface area (Å²) in [5.41, 5.74) is 3.02. The first-order valence-corrected chi connectivity index (χ1v) is 6.89. The van der Waals surface area contributed by atoms with Crippen LogP contribution >= 0.6 is 0 Å². The minimum Gasteiger partial charge on any atom is -0.355 e. The lowest BCUT2D eigenvalue weighted by Crippen LogP contribution is -2.20. The molecule has 0 saturated heterocycles. The van der Waals surface area contributed by atoms with E-state index in [1.165, 1.54) is 6.92 Å². The number of nitrogens with one attached hydrogen (secondary N) is 2. The molecule has 0 unspecified atom stereocenters. The molecule has 0 aliphatic heterocycles. The second kappa shape index (κ2) is 7.76. The van der Waals surface area contributed by atoms with Gasteiger partial charge in [0.15, 0.2) is 0 Å². The summed E-state index contributed by atoms with van der Waals surface area (Å²) in [5.74, 6) is 6.14. The molecule has 0 aliphatic carbocycles. The minimum absolute atomic E-state index is 0.0224. The van der Waals surface area contributed by atoms with Crippen molar-refractivity contribution in [3.63, 3.8) is 0 Å². The molecule has 0 fully saturated rings. The van der Waals surface area contributed by atoms with Crippen LogP contribution in [-0.2, 0) is 4.79 Å². The van der Waals surface area contributed by atoms with E-state index in [-0.39, 0.29) is 5.91 Å². The summed E-state index contributed by atoms with van der Waals surface area (Å²) in [4.78, 5) is 10.7. The van der Waals surface area contributed by atoms with Crippen LogP contribution in [0.3, 0.4) is 0 Å². The van der Waals surface area contributed by atoms with Crippen LogP contribution in [-0.4, -0.2) is 12.5 Å². The first kappa shape index (κ1) is 14.7. The molecule has 3 heteroatoms. The molecule has 3 nitrogen and oxygen atoms in total. The van der Waals surface area contributed by atoms with E-state index in [1.54, 1.807) is 0 Å². The molecule has 106 valence electrons. The van der Waals surface area contributed by atoms with Crippen LogP contribution in [0.25, 0.3) is 0 Å². The SMILES string of the molecule is CC(=O)NCCC#Cc1cccc(Nc2ccccc2)c1. The van der Waals surface area contributed by atoms with E-state index in [0.717, 1.165) is 16.9 Å². The number of amides is 1. The molecule has 0 aliphatic rings. The highest BCUT2D eigenvalue weighted by molar-refractivity contribution is 5.72. The Balaban J connectivity index is 1.95. The second-order valence-corrected chi connectivity index (χ2v) is 4.61. The van der Waals surface area contributed by atoms with Gasteiger partial charge in [0.2, 0.25) is 5.91 Å². The predicted octanol–water partition coefficient (Wildman–Crippen LogP) is 3.31. The number of hydrogen-bond donors (Lipinski definition) is 2. The summed E-state index contributed by atoms with van der Waals surface area (Å²) in [6, 6.07) is 18.0. The van der Waals surface area contributed by atoms with Gasteiger partial charge in [-0.2, -0.15) is 0 Å². The van der Waals surface area contributed by atoms with Crippen LogP contribution in [0.5, 0.6) is 0 Å². The second-order valence-electron chi connectivity index (χ2n) is 4.61. The average molecular weight is 278 g/mol. The lowest BCUT2D eigenvalue weighted by atomic mass is 10.2. The van der Waals surface area contributed by atoms with Crippen LogP contribution in [0.4, 0.5) is 11.4 Å². The van der Waals surface area contributed by atoms with E-state index >= 15 is 0 Å². The summed E-state index contributed by atoms with van der Waals surface area (Å²) in [6.07, 6.45) is 0.649. The van der Waals surface area contributed by atoms with Crippen molar-refractivity contribution in [3.8, 4) is 11.8 Å². The summed E-state index contributed by atoms with van der Waals surface area (Å²) in [6.45, 7) is 2.09. The Labute approximate surface area is 125 Å². The van der Waals surface area contributed by atoms with E-state index < -0.39 is 0 Å². The Kier molecular flexibility index (Phi) is 5.42. The molecular formula is C18H18N2O. The number of anilines is 2. The van der Waals surface area contributed by atoms with E-state index in [2.05, 4.69) is 22.5 Å². The fourth-order valence-corrected chi connectivity index (χ4v) is 1.83. The zero-order valence-corrected chi connectivity index (χ0v) is 12.0. The third kappa shape index (κ3) is 5.42. The summed E-state index contributed by atoms with van der Waals surface area (Å²) < 4.78 is 0. The molecule has 0 radical (unpaired) electrons. The average Bonchev–Trinajstić information content (AvgIpc) is 2.48. The summed E-state index contributed by atoms with van der Waals surface area (Å²) in [5, 5.41) is 6.06. The number of carbonyl (C=O) groups excluding carboxylic acids is 1. The van der Waals surface area contributed by atoms with Gasteiger partial charge in [0, 0.05) is 36.8 Å². The van der Waals surface area contributed by atoms with Crippen LogP contribution < -0.4 is 10.6 Å². The molecule has 0 heterocycles. The quantitative estimate of drug-likeness (QED) is 0.665. The van der Waals surface area contributed by atoms with Crippen molar-refractivity contribution in [2.45, 2.75) is 13.3 Å². The van der Waals surface area contributed by atoms with Crippen molar-refractivity contribution in [2.24, 2.45) is 0 Å². The molecule has 21 heavy (non-hydrogen) atoms. The fourth-order valence-electron chi connectivity index (χ4n) is 1.83. The molecule has 0 atom stereocenters. The largest absolute Gasteiger partial charge is 0.355 e. The Morgan fingerprint density at radius 3 is 2.57 bits per heavy atom. The smallest absolute Gasteiger partial charge is 0.216 e. The fraction of sp³-hybridized carbons (Fsp3) is 0.167. The van der Waals surface area contributed by atoms with Gasteiger partial charge in [-0.3, -0.25) is 4.79 Å². The molecule has 2 rings (SSSR count).